The monoisotopic (exact) mass is 392 g/mol. The lowest BCUT2D eigenvalue weighted by molar-refractivity contribution is -0.113. The fraction of sp³-hybridized carbons (Fsp3) is 0.353. The van der Waals surface area contributed by atoms with Gasteiger partial charge in [-0.1, -0.05) is 0 Å². The third kappa shape index (κ3) is 5.38. The molecule has 0 spiro atoms. The van der Waals surface area contributed by atoms with E-state index in [1.165, 1.54) is 0 Å². The van der Waals surface area contributed by atoms with Gasteiger partial charge in [0.2, 0.25) is 5.91 Å². The Labute approximate surface area is 162 Å². The van der Waals surface area contributed by atoms with Gasteiger partial charge in [0.05, 0.1) is 17.1 Å². The van der Waals surface area contributed by atoms with Crippen molar-refractivity contribution in [1.82, 2.24) is 14.5 Å². The predicted octanol–water partition coefficient (Wildman–Crippen LogP) is 0.563. The Balaban J connectivity index is 2.07. The van der Waals surface area contributed by atoms with Crippen LogP contribution in [-0.2, 0) is 18.9 Å². The summed E-state index contributed by atoms with van der Waals surface area (Å²) < 4.78 is 3.24. The molecule has 146 valence electrons. The van der Waals surface area contributed by atoms with E-state index < -0.39 is 0 Å². The quantitative estimate of drug-likeness (QED) is 0.333. The largest absolute Gasteiger partial charge is 0.351 e. The molecule has 2 rings (SSSR count). The molecule has 0 saturated carbocycles. The second-order valence-electron chi connectivity index (χ2n) is 6.01. The fourth-order valence-electron chi connectivity index (χ4n) is 2.51. The average molecular weight is 392 g/mol. The van der Waals surface area contributed by atoms with Crippen LogP contribution in [0.15, 0.2) is 24.5 Å². The molecule has 0 fully saturated rings. The van der Waals surface area contributed by atoms with Crippen LogP contribution in [0.3, 0.4) is 0 Å². The third-order valence-electron chi connectivity index (χ3n) is 3.83. The second-order valence-corrected chi connectivity index (χ2v) is 6.32. The van der Waals surface area contributed by atoms with E-state index in [4.69, 9.17) is 5.73 Å². The van der Waals surface area contributed by atoms with Crippen LogP contribution in [0.4, 0.5) is 11.4 Å². The van der Waals surface area contributed by atoms with Gasteiger partial charge < -0.3 is 30.8 Å². The maximum atomic E-state index is 12.5. The van der Waals surface area contributed by atoms with Crippen molar-refractivity contribution in [2.24, 2.45) is 19.8 Å². The smallest absolute Gasteiger partial charge is 0.272 e. The Kier molecular flexibility index (Phi) is 7.08. The van der Waals surface area contributed by atoms with Gasteiger partial charge in [-0.2, -0.15) is 12.6 Å². The first kappa shape index (κ1) is 20.6. The highest BCUT2D eigenvalue weighted by Gasteiger charge is 2.16. The van der Waals surface area contributed by atoms with E-state index in [0.717, 1.165) is 0 Å². The van der Waals surface area contributed by atoms with Crippen LogP contribution >= 0.6 is 12.6 Å². The number of aromatic nitrogens is 2. The zero-order chi connectivity index (χ0) is 20.0. The number of nitrogens with zero attached hydrogens (tertiary/aromatic N) is 2. The molecule has 0 radical (unpaired) electrons. The Morgan fingerprint density at radius 2 is 1.56 bits per heavy atom. The van der Waals surface area contributed by atoms with Gasteiger partial charge in [0.1, 0.15) is 11.4 Å². The van der Waals surface area contributed by atoms with E-state index in [1.807, 2.05) is 0 Å². The summed E-state index contributed by atoms with van der Waals surface area (Å²) in [6, 6.07) is 3.17. The molecule has 0 aromatic carbocycles. The van der Waals surface area contributed by atoms with Gasteiger partial charge in [0.15, 0.2) is 0 Å². The van der Waals surface area contributed by atoms with Gasteiger partial charge in [-0.15, -0.1) is 0 Å². The average Bonchev–Trinajstić information content (AvgIpc) is 3.17. The minimum Gasteiger partial charge on any atom is -0.351 e. The molecule has 27 heavy (non-hydrogen) atoms. The van der Waals surface area contributed by atoms with Crippen molar-refractivity contribution in [1.29, 1.82) is 0 Å². The van der Waals surface area contributed by atoms with E-state index in [2.05, 4.69) is 28.6 Å². The molecule has 0 bridgehead atoms. The van der Waals surface area contributed by atoms with Crippen molar-refractivity contribution in [3.63, 3.8) is 0 Å². The molecule has 0 aliphatic carbocycles. The van der Waals surface area contributed by atoms with Crippen molar-refractivity contribution in [2.75, 3.05) is 29.5 Å². The van der Waals surface area contributed by atoms with Gasteiger partial charge >= 0.3 is 0 Å². The number of nitrogens with two attached hydrogens (primary N) is 1. The van der Waals surface area contributed by atoms with Crippen molar-refractivity contribution >= 4 is 41.7 Å². The number of carbonyl (C=O) groups excluding carboxylic acids is 3. The van der Waals surface area contributed by atoms with E-state index in [-0.39, 0.29) is 23.5 Å². The molecule has 0 aliphatic heterocycles. The first-order valence-electron chi connectivity index (χ1n) is 8.38. The van der Waals surface area contributed by atoms with Gasteiger partial charge in [0, 0.05) is 33.0 Å². The van der Waals surface area contributed by atoms with Crippen molar-refractivity contribution in [2.45, 2.75) is 6.42 Å². The Morgan fingerprint density at radius 3 is 2.11 bits per heavy atom. The number of aryl methyl sites for hydroxylation is 2. The predicted molar refractivity (Wildman–Crippen MR) is 107 cm³/mol. The molecule has 3 amide bonds. The number of rotatable bonds is 8. The Bertz CT molecular complexity index is 842. The molecular weight excluding hydrogens is 368 g/mol. The van der Waals surface area contributed by atoms with E-state index in [1.54, 1.807) is 47.8 Å². The molecular formula is C17H24N6O3S. The first-order chi connectivity index (χ1) is 12.8. The zero-order valence-electron chi connectivity index (χ0n) is 15.3. The summed E-state index contributed by atoms with van der Waals surface area (Å²) in [6.45, 7) is 0.994. The summed E-state index contributed by atoms with van der Waals surface area (Å²) >= 11 is 3.90. The van der Waals surface area contributed by atoms with Crippen LogP contribution in [0, 0.1) is 0 Å². The maximum Gasteiger partial charge on any atom is 0.272 e. The van der Waals surface area contributed by atoms with Crippen LogP contribution in [0.1, 0.15) is 27.4 Å². The van der Waals surface area contributed by atoms with E-state index in [0.29, 0.717) is 42.3 Å². The number of amides is 3. The topological polar surface area (TPSA) is 123 Å². The van der Waals surface area contributed by atoms with E-state index >= 15 is 0 Å². The summed E-state index contributed by atoms with van der Waals surface area (Å²) in [5.41, 5.74) is 7.21. The number of nitrogens with one attached hydrogen (secondary N) is 3. The molecule has 0 aliphatic rings. The standard InChI is InChI=1S/C17H24N6O3S/c1-22-9-12(7-13(22)16(25)19-5-3-4-18)21-17(26)14-6-11(8-23(14)2)20-15(24)10-27/h6-9,27H,3-5,10,18H2,1-2H3,(H,19,25)(H,20,24)(H,21,26). The Hall–Kier alpha value is -2.72. The highest BCUT2D eigenvalue weighted by molar-refractivity contribution is 7.81. The lowest BCUT2D eigenvalue weighted by atomic mass is 10.3. The number of carbonyl (C=O) groups is 3. The zero-order valence-corrected chi connectivity index (χ0v) is 16.2. The van der Waals surface area contributed by atoms with Crippen LogP contribution in [0.25, 0.3) is 0 Å². The fourth-order valence-corrected chi connectivity index (χ4v) is 2.59. The lowest BCUT2D eigenvalue weighted by Crippen LogP contribution is -2.27. The van der Waals surface area contributed by atoms with Gasteiger partial charge in [0.25, 0.3) is 11.8 Å². The third-order valence-corrected chi connectivity index (χ3v) is 4.11. The summed E-state index contributed by atoms with van der Waals surface area (Å²) in [5.74, 6) is -0.799. The van der Waals surface area contributed by atoms with Gasteiger partial charge in [-0.3, -0.25) is 14.4 Å². The molecule has 0 saturated heterocycles. The van der Waals surface area contributed by atoms with Crippen molar-refractivity contribution in [3.05, 3.63) is 35.9 Å². The molecule has 10 heteroatoms. The highest BCUT2D eigenvalue weighted by Crippen LogP contribution is 2.17. The van der Waals surface area contributed by atoms with E-state index in [9.17, 15) is 14.4 Å². The Morgan fingerprint density at radius 1 is 1.00 bits per heavy atom. The summed E-state index contributed by atoms with van der Waals surface area (Å²) in [7, 11) is 3.42. The first-order valence-corrected chi connectivity index (χ1v) is 9.02. The second kappa shape index (κ2) is 9.28. The summed E-state index contributed by atoms with van der Waals surface area (Å²) in [5, 5.41) is 8.17. The molecule has 0 unspecified atom stereocenters. The van der Waals surface area contributed by atoms with Gasteiger partial charge in [-0.05, 0) is 25.1 Å². The van der Waals surface area contributed by atoms with Crippen molar-refractivity contribution in [3.8, 4) is 0 Å². The molecule has 5 N–H and O–H groups in total. The maximum absolute atomic E-state index is 12.5. The SMILES string of the molecule is Cn1cc(NC(=O)c2cc(NC(=O)CS)cn2C)cc1C(=O)NCCCN. The number of hydrogen-bond donors (Lipinski definition) is 5. The van der Waals surface area contributed by atoms with Crippen LogP contribution in [0.2, 0.25) is 0 Å². The lowest BCUT2D eigenvalue weighted by Gasteiger charge is -2.04. The summed E-state index contributed by atoms with van der Waals surface area (Å²) in [6.07, 6.45) is 3.99. The molecule has 2 aromatic rings. The van der Waals surface area contributed by atoms with Crippen LogP contribution in [-0.4, -0.2) is 45.7 Å². The molecule has 2 heterocycles. The molecule has 0 atom stereocenters. The van der Waals surface area contributed by atoms with Crippen molar-refractivity contribution < 1.29 is 14.4 Å². The molecule has 9 nitrogen and oxygen atoms in total. The normalized spacial score (nSPS) is 10.5. The minimum atomic E-state index is -0.357. The highest BCUT2D eigenvalue weighted by atomic mass is 32.1. The number of thiol groups is 1. The number of hydrogen-bond acceptors (Lipinski definition) is 5. The summed E-state index contributed by atoms with van der Waals surface area (Å²) in [4.78, 5) is 36.1. The van der Waals surface area contributed by atoms with Crippen LogP contribution < -0.4 is 21.7 Å². The van der Waals surface area contributed by atoms with Gasteiger partial charge in [-0.25, -0.2) is 0 Å². The number of anilines is 2. The minimum absolute atomic E-state index is 0.0521. The molecule has 2 aromatic heterocycles. The van der Waals surface area contributed by atoms with Crippen LogP contribution in [0.5, 0.6) is 0 Å².